The van der Waals surface area contributed by atoms with E-state index in [1.54, 1.807) is 6.26 Å². The van der Waals surface area contributed by atoms with E-state index in [0.717, 1.165) is 12.5 Å². The lowest BCUT2D eigenvalue weighted by molar-refractivity contribution is 0.152. The summed E-state index contributed by atoms with van der Waals surface area (Å²) >= 11 is 0. The summed E-state index contributed by atoms with van der Waals surface area (Å²) in [6.45, 7) is 2.87. The molecule has 1 fully saturated rings. The van der Waals surface area contributed by atoms with Crippen LogP contribution in [0.1, 0.15) is 26.2 Å². The highest BCUT2D eigenvalue weighted by molar-refractivity contribution is 5.15. The molecule has 0 aromatic carbocycles. The van der Waals surface area contributed by atoms with Gasteiger partial charge in [-0.1, -0.05) is 18.2 Å². The zero-order valence-electron chi connectivity index (χ0n) is 7.62. The Morgan fingerprint density at radius 3 is 3.08 bits per heavy atom. The van der Waals surface area contributed by atoms with Crippen molar-refractivity contribution in [2.45, 2.75) is 26.2 Å². The molecule has 1 saturated carbocycles. The smallest absolute Gasteiger partial charge is 0.0963 e. The Morgan fingerprint density at radius 1 is 1.67 bits per heavy atom. The zero-order chi connectivity index (χ0) is 8.44. The van der Waals surface area contributed by atoms with Crippen LogP contribution in [0, 0.1) is 11.3 Å². The molecule has 2 atom stereocenters. The summed E-state index contributed by atoms with van der Waals surface area (Å²) < 4.78 is 5.46. The van der Waals surface area contributed by atoms with E-state index in [1.807, 2.05) is 13.0 Å². The van der Waals surface area contributed by atoms with Crippen LogP contribution in [0.2, 0.25) is 0 Å². The second-order valence-electron chi connectivity index (χ2n) is 4.00. The summed E-state index contributed by atoms with van der Waals surface area (Å²) in [5.74, 6) is 0.860. The quantitative estimate of drug-likeness (QED) is 0.460. The molecule has 2 rings (SSSR count). The van der Waals surface area contributed by atoms with Crippen molar-refractivity contribution in [3.8, 4) is 0 Å². The van der Waals surface area contributed by atoms with Crippen molar-refractivity contribution in [2.75, 3.05) is 6.61 Å². The summed E-state index contributed by atoms with van der Waals surface area (Å²) in [6.07, 6.45) is 12.5. The van der Waals surface area contributed by atoms with E-state index in [1.165, 1.54) is 19.3 Å². The molecule has 12 heavy (non-hydrogen) atoms. The summed E-state index contributed by atoms with van der Waals surface area (Å²) in [5.41, 5.74) is 0.407. The molecular weight excluding hydrogens is 148 g/mol. The lowest BCUT2D eigenvalue weighted by Crippen LogP contribution is -2.17. The Balaban J connectivity index is 1.90. The lowest BCUT2D eigenvalue weighted by atomic mass is 9.89. The van der Waals surface area contributed by atoms with E-state index < -0.39 is 0 Å². The van der Waals surface area contributed by atoms with Crippen LogP contribution in [0.3, 0.4) is 0 Å². The van der Waals surface area contributed by atoms with Crippen molar-refractivity contribution >= 4 is 0 Å². The van der Waals surface area contributed by atoms with Crippen LogP contribution in [0.15, 0.2) is 24.5 Å². The van der Waals surface area contributed by atoms with E-state index in [0.29, 0.717) is 5.41 Å². The molecule has 0 amide bonds. The van der Waals surface area contributed by atoms with E-state index in [-0.39, 0.29) is 0 Å². The van der Waals surface area contributed by atoms with Gasteiger partial charge in [-0.2, -0.15) is 0 Å². The van der Waals surface area contributed by atoms with E-state index in [9.17, 15) is 0 Å². The Labute approximate surface area is 74.1 Å². The maximum Gasteiger partial charge on any atom is 0.0963 e. The van der Waals surface area contributed by atoms with Crippen molar-refractivity contribution in [1.82, 2.24) is 0 Å². The fraction of sp³-hybridized carbons (Fsp3) is 0.636. The first-order valence-corrected chi connectivity index (χ1v) is 4.77. The predicted octanol–water partition coefficient (Wildman–Crippen LogP) is 2.89. The van der Waals surface area contributed by atoms with Gasteiger partial charge < -0.3 is 4.74 Å². The van der Waals surface area contributed by atoms with E-state index >= 15 is 0 Å². The lowest BCUT2D eigenvalue weighted by Gasteiger charge is -2.21. The van der Waals surface area contributed by atoms with Gasteiger partial charge in [-0.3, -0.25) is 0 Å². The highest BCUT2D eigenvalue weighted by Gasteiger charge is 2.40. The van der Waals surface area contributed by atoms with Crippen LogP contribution in [0.25, 0.3) is 0 Å². The Kier molecular flexibility index (Phi) is 1.95. The summed E-state index contributed by atoms with van der Waals surface area (Å²) in [7, 11) is 0. The summed E-state index contributed by atoms with van der Waals surface area (Å²) in [6, 6.07) is 0. The molecular formula is C11H16O. The largest absolute Gasteiger partial charge is 0.501 e. The predicted molar refractivity (Wildman–Crippen MR) is 49.7 cm³/mol. The summed E-state index contributed by atoms with van der Waals surface area (Å²) in [4.78, 5) is 0. The molecule has 2 aliphatic rings. The minimum absolute atomic E-state index is 0.407. The van der Waals surface area contributed by atoms with Gasteiger partial charge in [-0.05, 0) is 32.1 Å². The first-order chi connectivity index (χ1) is 5.85. The Hall–Kier alpha value is -0.720. The molecule has 0 aliphatic heterocycles. The molecule has 2 bridgehead atoms. The van der Waals surface area contributed by atoms with Crippen LogP contribution in [0.4, 0.5) is 0 Å². The molecule has 66 valence electrons. The second-order valence-corrected chi connectivity index (χ2v) is 4.00. The fourth-order valence-electron chi connectivity index (χ4n) is 2.34. The SMILES string of the molecule is C/C=C/OCC12C=CC(CC1)C2. The average molecular weight is 164 g/mol. The van der Waals surface area contributed by atoms with Gasteiger partial charge in [0.1, 0.15) is 0 Å². The Bertz CT molecular complexity index is 217. The van der Waals surface area contributed by atoms with Crippen molar-refractivity contribution in [2.24, 2.45) is 11.3 Å². The third-order valence-electron chi connectivity index (χ3n) is 3.01. The average Bonchev–Trinajstić information content (AvgIpc) is 2.64. The van der Waals surface area contributed by atoms with Crippen molar-refractivity contribution in [1.29, 1.82) is 0 Å². The van der Waals surface area contributed by atoms with Crippen LogP contribution in [0.5, 0.6) is 0 Å². The fourth-order valence-corrected chi connectivity index (χ4v) is 2.34. The Morgan fingerprint density at radius 2 is 2.58 bits per heavy atom. The molecule has 0 saturated heterocycles. The number of rotatable bonds is 3. The number of hydrogen-bond acceptors (Lipinski definition) is 1. The molecule has 0 spiro atoms. The monoisotopic (exact) mass is 164 g/mol. The molecule has 1 heteroatoms. The van der Waals surface area contributed by atoms with Crippen molar-refractivity contribution in [3.63, 3.8) is 0 Å². The normalized spacial score (nSPS) is 38.2. The molecule has 0 radical (unpaired) electrons. The third kappa shape index (κ3) is 1.28. The first-order valence-electron chi connectivity index (χ1n) is 4.77. The van der Waals surface area contributed by atoms with Gasteiger partial charge in [0.05, 0.1) is 12.9 Å². The summed E-state index contributed by atoms with van der Waals surface area (Å²) in [5, 5.41) is 0. The standard InChI is InChI=1S/C11H16O/c1-2-7-12-9-11-5-3-10(8-11)4-6-11/h2-3,5,7,10H,4,6,8-9H2,1H3/b7-2+. The van der Waals surface area contributed by atoms with Crippen LogP contribution in [-0.2, 0) is 4.74 Å². The number of fused-ring (bicyclic) bond motifs is 2. The number of allylic oxidation sites excluding steroid dienone is 2. The third-order valence-corrected chi connectivity index (χ3v) is 3.01. The van der Waals surface area contributed by atoms with Crippen molar-refractivity contribution < 1.29 is 4.74 Å². The van der Waals surface area contributed by atoms with Crippen LogP contribution in [-0.4, -0.2) is 6.61 Å². The molecule has 1 nitrogen and oxygen atoms in total. The molecule has 0 aromatic heterocycles. The zero-order valence-corrected chi connectivity index (χ0v) is 7.62. The molecule has 2 aliphatic carbocycles. The highest BCUT2D eigenvalue weighted by Crippen LogP contribution is 2.49. The molecule has 2 unspecified atom stereocenters. The minimum Gasteiger partial charge on any atom is -0.501 e. The van der Waals surface area contributed by atoms with Crippen LogP contribution >= 0.6 is 0 Å². The van der Waals surface area contributed by atoms with Gasteiger partial charge in [-0.15, -0.1) is 0 Å². The molecule has 0 N–H and O–H groups in total. The molecule has 0 aromatic rings. The van der Waals surface area contributed by atoms with Gasteiger partial charge in [0.25, 0.3) is 0 Å². The van der Waals surface area contributed by atoms with Gasteiger partial charge in [0, 0.05) is 5.41 Å². The van der Waals surface area contributed by atoms with Gasteiger partial charge in [0.15, 0.2) is 0 Å². The van der Waals surface area contributed by atoms with E-state index in [4.69, 9.17) is 4.74 Å². The topological polar surface area (TPSA) is 9.23 Å². The second kappa shape index (κ2) is 2.96. The maximum atomic E-state index is 5.46. The van der Waals surface area contributed by atoms with E-state index in [2.05, 4.69) is 12.2 Å². The highest BCUT2D eigenvalue weighted by atomic mass is 16.5. The molecule has 0 heterocycles. The number of hydrogen-bond donors (Lipinski definition) is 0. The van der Waals surface area contributed by atoms with Gasteiger partial charge >= 0.3 is 0 Å². The number of ether oxygens (including phenoxy) is 1. The maximum absolute atomic E-state index is 5.46. The van der Waals surface area contributed by atoms with Crippen molar-refractivity contribution in [3.05, 3.63) is 24.5 Å². The van der Waals surface area contributed by atoms with Gasteiger partial charge in [-0.25, -0.2) is 0 Å². The minimum atomic E-state index is 0.407. The first kappa shape index (κ1) is 7.90. The van der Waals surface area contributed by atoms with Gasteiger partial charge in [0.2, 0.25) is 0 Å². The van der Waals surface area contributed by atoms with Crippen LogP contribution < -0.4 is 0 Å².